The van der Waals surface area contributed by atoms with Gasteiger partial charge in [0.25, 0.3) is 0 Å². The van der Waals surface area contributed by atoms with E-state index in [1.807, 2.05) is 0 Å². The summed E-state index contributed by atoms with van der Waals surface area (Å²) in [6.45, 7) is 0. The zero-order valence-electron chi connectivity index (χ0n) is 10.4. The van der Waals surface area contributed by atoms with E-state index in [-0.39, 0.29) is 17.7 Å². The summed E-state index contributed by atoms with van der Waals surface area (Å²) >= 11 is 1.35. The van der Waals surface area contributed by atoms with Crippen molar-refractivity contribution in [2.75, 3.05) is 5.32 Å². The molecule has 2 atom stereocenters. The highest BCUT2D eigenvalue weighted by Gasteiger charge is 2.50. The number of hydrogen-bond acceptors (Lipinski definition) is 4. The molecule has 102 valence electrons. The lowest BCUT2D eigenvalue weighted by Crippen LogP contribution is -2.49. The number of amides is 1. The van der Waals surface area contributed by atoms with E-state index in [0.29, 0.717) is 5.13 Å². The lowest BCUT2D eigenvalue weighted by molar-refractivity contribution is -0.156. The second-order valence-corrected chi connectivity index (χ2v) is 6.29. The molecule has 5 nitrogen and oxygen atoms in total. The van der Waals surface area contributed by atoms with Crippen LogP contribution in [0.1, 0.15) is 25.7 Å². The van der Waals surface area contributed by atoms with Crippen LogP contribution in [0.3, 0.4) is 0 Å². The van der Waals surface area contributed by atoms with Crippen LogP contribution in [0.25, 0.3) is 0 Å². The molecule has 1 heterocycles. The van der Waals surface area contributed by atoms with Crippen LogP contribution in [0.2, 0.25) is 0 Å². The number of carbonyl (C=O) groups excluding carboxylic acids is 1. The van der Waals surface area contributed by atoms with E-state index in [0.717, 1.165) is 25.7 Å². The van der Waals surface area contributed by atoms with Crippen molar-refractivity contribution in [1.82, 2.24) is 4.98 Å². The molecule has 2 bridgehead atoms. The summed E-state index contributed by atoms with van der Waals surface area (Å²) in [5.41, 5.74) is 0. The van der Waals surface area contributed by atoms with Crippen LogP contribution in [-0.4, -0.2) is 22.0 Å². The SMILES string of the molecule is O=C(O)[C@@H]1C2CCC(CC2)[C@H]1C(=O)Nc1nccs1. The number of thiazole rings is 1. The molecule has 3 saturated carbocycles. The largest absolute Gasteiger partial charge is 0.481 e. The third-order valence-corrected chi connectivity index (χ3v) is 5.16. The summed E-state index contributed by atoms with van der Waals surface area (Å²) in [5.74, 6) is -1.53. The molecule has 0 saturated heterocycles. The van der Waals surface area contributed by atoms with Crippen LogP contribution >= 0.6 is 11.3 Å². The fourth-order valence-electron chi connectivity index (χ4n) is 3.66. The zero-order chi connectivity index (χ0) is 13.4. The van der Waals surface area contributed by atoms with Crippen LogP contribution < -0.4 is 5.32 Å². The summed E-state index contributed by atoms with van der Waals surface area (Å²) in [4.78, 5) is 27.9. The Morgan fingerprint density at radius 1 is 1.21 bits per heavy atom. The number of rotatable bonds is 3. The Morgan fingerprint density at radius 2 is 1.84 bits per heavy atom. The highest BCUT2D eigenvalue weighted by Crippen LogP contribution is 2.49. The lowest BCUT2D eigenvalue weighted by Gasteiger charge is -2.45. The molecule has 1 amide bonds. The predicted molar refractivity (Wildman–Crippen MR) is 70.8 cm³/mol. The average molecular weight is 280 g/mol. The van der Waals surface area contributed by atoms with Gasteiger partial charge in [0.05, 0.1) is 11.8 Å². The van der Waals surface area contributed by atoms with Gasteiger partial charge in [-0.3, -0.25) is 9.59 Å². The highest BCUT2D eigenvalue weighted by atomic mass is 32.1. The minimum Gasteiger partial charge on any atom is -0.481 e. The van der Waals surface area contributed by atoms with Gasteiger partial charge in [-0.05, 0) is 37.5 Å². The van der Waals surface area contributed by atoms with Gasteiger partial charge < -0.3 is 10.4 Å². The number of hydrogen-bond donors (Lipinski definition) is 2. The first-order valence-corrected chi connectivity index (χ1v) is 7.48. The molecule has 0 spiro atoms. The third-order valence-electron chi connectivity index (χ3n) is 4.47. The van der Waals surface area contributed by atoms with E-state index < -0.39 is 17.8 Å². The van der Waals surface area contributed by atoms with Crippen LogP contribution in [-0.2, 0) is 9.59 Å². The van der Waals surface area contributed by atoms with Crippen molar-refractivity contribution in [3.05, 3.63) is 11.6 Å². The Labute approximate surface area is 115 Å². The van der Waals surface area contributed by atoms with Crippen LogP contribution in [0.5, 0.6) is 0 Å². The number of carboxylic acids is 1. The second-order valence-electron chi connectivity index (χ2n) is 5.39. The minimum atomic E-state index is -0.825. The first-order chi connectivity index (χ1) is 9.16. The topological polar surface area (TPSA) is 79.3 Å². The van der Waals surface area contributed by atoms with E-state index >= 15 is 0 Å². The molecule has 3 aliphatic rings. The van der Waals surface area contributed by atoms with Gasteiger partial charge in [0.1, 0.15) is 0 Å². The Morgan fingerprint density at radius 3 is 2.37 bits per heavy atom. The van der Waals surface area contributed by atoms with Gasteiger partial charge in [0.15, 0.2) is 5.13 Å². The summed E-state index contributed by atoms with van der Waals surface area (Å²) in [6.07, 6.45) is 5.47. The van der Waals surface area contributed by atoms with E-state index in [1.165, 1.54) is 11.3 Å². The third kappa shape index (κ3) is 2.25. The summed E-state index contributed by atoms with van der Waals surface area (Å²) in [5, 5.41) is 14.5. The fourth-order valence-corrected chi connectivity index (χ4v) is 4.19. The second kappa shape index (κ2) is 4.92. The van der Waals surface area contributed by atoms with E-state index in [9.17, 15) is 14.7 Å². The van der Waals surface area contributed by atoms with Crippen molar-refractivity contribution in [2.24, 2.45) is 23.7 Å². The minimum absolute atomic E-state index is 0.162. The van der Waals surface area contributed by atoms with Crippen molar-refractivity contribution in [2.45, 2.75) is 25.7 Å². The van der Waals surface area contributed by atoms with Gasteiger partial charge >= 0.3 is 5.97 Å². The molecule has 6 heteroatoms. The van der Waals surface area contributed by atoms with Gasteiger partial charge in [-0.15, -0.1) is 11.3 Å². The number of aromatic nitrogens is 1. The zero-order valence-corrected chi connectivity index (χ0v) is 11.2. The van der Waals surface area contributed by atoms with Crippen molar-refractivity contribution in [3.8, 4) is 0 Å². The van der Waals surface area contributed by atoms with Crippen molar-refractivity contribution in [3.63, 3.8) is 0 Å². The van der Waals surface area contributed by atoms with Crippen molar-refractivity contribution >= 4 is 28.3 Å². The molecule has 0 radical (unpaired) electrons. The molecule has 1 aromatic heterocycles. The maximum atomic E-state index is 12.4. The molecule has 0 aromatic carbocycles. The predicted octanol–water partition coefficient (Wildman–Crippen LogP) is 2.22. The Hall–Kier alpha value is -1.43. The summed E-state index contributed by atoms with van der Waals surface area (Å²) in [7, 11) is 0. The monoisotopic (exact) mass is 280 g/mol. The molecule has 4 rings (SSSR count). The average Bonchev–Trinajstić information content (AvgIpc) is 2.91. The Bertz CT molecular complexity index is 480. The quantitative estimate of drug-likeness (QED) is 0.889. The summed E-state index contributed by atoms with van der Waals surface area (Å²) in [6, 6.07) is 0. The number of nitrogens with one attached hydrogen (secondary N) is 1. The number of carbonyl (C=O) groups is 2. The first-order valence-electron chi connectivity index (χ1n) is 6.60. The standard InChI is InChI=1S/C13H16N2O3S/c16-11(15-13-14-5-6-19-13)9-7-1-3-8(4-2-7)10(9)12(17)18/h5-10H,1-4H2,(H,17,18)(H,14,15,16)/t7?,8?,9-,10-/m1/s1. The molecule has 19 heavy (non-hydrogen) atoms. The van der Waals surface area contributed by atoms with Crippen LogP contribution in [0, 0.1) is 23.7 Å². The Kier molecular flexibility index (Phi) is 3.26. The fraction of sp³-hybridized carbons (Fsp3) is 0.615. The number of carboxylic acid groups (broad SMARTS) is 1. The number of nitrogens with zero attached hydrogens (tertiary/aromatic N) is 1. The molecule has 1 aromatic rings. The van der Waals surface area contributed by atoms with E-state index in [1.54, 1.807) is 11.6 Å². The van der Waals surface area contributed by atoms with Crippen molar-refractivity contribution < 1.29 is 14.7 Å². The molecule has 2 N–H and O–H groups in total. The molecule has 3 aliphatic carbocycles. The van der Waals surface area contributed by atoms with Crippen molar-refractivity contribution in [1.29, 1.82) is 0 Å². The molecular weight excluding hydrogens is 264 g/mol. The normalized spacial score (nSPS) is 33.1. The van der Waals surface area contributed by atoms with Gasteiger partial charge in [0.2, 0.25) is 5.91 Å². The van der Waals surface area contributed by atoms with Crippen LogP contribution in [0.4, 0.5) is 5.13 Å². The number of anilines is 1. The first kappa shape index (κ1) is 12.6. The van der Waals surface area contributed by atoms with Gasteiger partial charge in [-0.1, -0.05) is 0 Å². The lowest BCUT2D eigenvalue weighted by atomic mass is 9.58. The molecule has 0 aliphatic heterocycles. The number of aliphatic carboxylic acids is 1. The summed E-state index contributed by atoms with van der Waals surface area (Å²) < 4.78 is 0. The molecule has 0 unspecified atom stereocenters. The highest BCUT2D eigenvalue weighted by molar-refractivity contribution is 7.13. The Balaban J connectivity index is 1.80. The maximum absolute atomic E-state index is 12.4. The maximum Gasteiger partial charge on any atom is 0.307 e. The van der Waals surface area contributed by atoms with Gasteiger partial charge in [-0.2, -0.15) is 0 Å². The van der Waals surface area contributed by atoms with Gasteiger partial charge in [0, 0.05) is 11.6 Å². The van der Waals surface area contributed by atoms with E-state index in [2.05, 4.69) is 10.3 Å². The van der Waals surface area contributed by atoms with Crippen LogP contribution in [0.15, 0.2) is 11.6 Å². The smallest absolute Gasteiger partial charge is 0.307 e. The molecule has 3 fully saturated rings. The van der Waals surface area contributed by atoms with E-state index in [4.69, 9.17) is 0 Å². The number of fused-ring (bicyclic) bond motifs is 3. The molecular formula is C13H16N2O3S. The van der Waals surface area contributed by atoms with Gasteiger partial charge in [-0.25, -0.2) is 4.98 Å².